The van der Waals surface area contributed by atoms with Crippen molar-refractivity contribution in [2.24, 2.45) is 4.99 Å². The Balaban J connectivity index is 1.82. The van der Waals surface area contributed by atoms with E-state index < -0.39 is 0 Å². The van der Waals surface area contributed by atoms with Gasteiger partial charge >= 0.3 is 0 Å². The number of benzene rings is 3. The predicted octanol–water partition coefficient (Wildman–Crippen LogP) is 5.44. The fourth-order valence-corrected chi connectivity index (χ4v) is 3.49. The van der Waals surface area contributed by atoms with Crippen molar-refractivity contribution in [3.63, 3.8) is 0 Å². The maximum Gasteiger partial charge on any atom is 0.282 e. The van der Waals surface area contributed by atoms with Crippen LogP contribution in [0.5, 0.6) is 11.5 Å². The smallest absolute Gasteiger partial charge is 0.282 e. The maximum absolute atomic E-state index is 13.5. The molecule has 7 heteroatoms. The molecule has 0 fully saturated rings. The Kier molecular flexibility index (Phi) is 5.86. The van der Waals surface area contributed by atoms with E-state index in [0.717, 1.165) is 4.47 Å². The standard InChI is InChI=1S/C24H18BrFN2O3/c1-30-20-12-5-16(22(14-20)31-2)13-21-24(29)28(19-10-6-17(25)7-11-19)23(27-21)15-3-8-18(26)9-4-15/h3-14H,1-2H3/b21-13+. The Morgan fingerprint density at radius 2 is 1.68 bits per heavy atom. The lowest BCUT2D eigenvalue weighted by atomic mass is 10.1. The second kappa shape index (κ2) is 8.73. The van der Waals surface area contributed by atoms with E-state index in [1.807, 2.05) is 24.3 Å². The molecule has 1 aliphatic rings. The Morgan fingerprint density at radius 1 is 0.968 bits per heavy atom. The predicted molar refractivity (Wildman–Crippen MR) is 122 cm³/mol. The molecule has 3 aromatic carbocycles. The number of rotatable bonds is 5. The van der Waals surface area contributed by atoms with Gasteiger partial charge < -0.3 is 9.47 Å². The second-order valence-electron chi connectivity index (χ2n) is 6.70. The first kappa shape index (κ1) is 20.8. The van der Waals surface area contributed by atoms with Crippen molar-refractivity contribution in [2.75, 3.05) is 19.1 Å². The summed E-state index contributed by atoms with van der Waals surface area (Å²) in [5, 5.41) is 0. The fraction of sp³-hybridized carbons (Fsp3) is 0.0833. The first-order chi connectivity index (χ1) is 15.0. The van der Waals surface area contributed by atoms with E-state index in [1.54, 1.807) is 50.6 Å². The van der Waals surface area contributed by atoms with E-state index in [1.165, 1.54) is 17.0 Å². The zero-order chi connectivity index (χ0) is 22.0. The van der Waals surface area contributed by atoms with Crippen molar-refractivity contribution >= 4 is 39.4 Å². The Hall–Kier alpha value is -3.45. The van der Waals surface area contributed by atoms with Crippen LogP contribution in [-0.4, -0.2) is 26.0 Å². The molecule has 0 aliphatic carbocycles. The van der Waals surface area contributed by atoms with Crippen molar-refractivity contribution < 1.29 is 18.7 Å². The maximum atomic E-state index is 13.5. The van der Waals surface area contributed by atoms with Crippen LogP contribution in [0.15, 0.2) is 81.9 Å². The van der Waals surface area contributed by atoms with Gasteiger partial charge in [-0.05, 0) is 66.7 Å². The molecule has 5 nitrogen and oxygen atoms in total. The van der Waals surface area contributed by atoms with Gasteiger partial charge in [0.15, 0.2) is 0 Å². The van der Waals surface area contributed by atoms with Crippen LogP contribution in [0.25, 0.3) is 6.08 Å². The summed E-state index contributed by atoms with van der Waals surface area (Å²) in [4.78, 5) is 19.5. The number of carbonyl (C=O) groups is 1. The highest BCUT2D eigenvalue weighted by Gasteiger charge is 2.32. The molecule has 1 heterocycles. The molecule has 0 aromatic heterocycles. The molecule has 0 saturated heterocycles. The quantitative estimate of drug-likeness (QED) is 0.456. The van der Waals surface area contributed by atoms with E-state index >= 15 is 0 Å². The lowest BCUT2D eigenvalue weighted by Crippen LogP contribution is -2.32. The van der Waals surface area contributed by atoms with Crippen LogP contribution in [0, 0.1) is 5.82 Å². The number of hydrogen-bond acceptors (Lipinski definition) is 4. The zero-order valence-electron chi connectivity index (χ0n) is 16.8. The van der Waals surface area contributed by atoms with Gasteiger partial charge in [-0.3, -0.25) is 9.69 Å². The van der Waals surface area contributed by atoms with E-state index in [-0.39, 0.29) is 17.4 Å². The largest absolute Gasteiger partial charge is 0.497 e. The third-order valence-corrected chi connectivity index (χ3v) is 5.31. The SMILES string of the molecule is COc1ccc(/C=C2/N=C(c3ccc(F)cc3)N(c3ccc(Br)cc3)C2=O)c(OC)c1. The van der Waals surface area contributed by atoms with Gasteiger partial charge in [-0.25, -0.2) is 9.38 Å². The highest BCUT2D eigenvalue weighted by atomic mass is 79.9. The van der Waals surface area contributed by atoms with E-state index in [4.69, 9.17) is 9.47 Å². The number of amidine groups is 1. The topological polar surface area (TPSA) is 51.1 Å². The van der Waals surface area contributed by atoms with Crippen LogP contribution in [0.3, 0.4) is 0 Å². The third kappa shape index (κ3) is 4.22. The van der Waals surface area contributed by atoms with E-state index in [0.29, 0.717) is 34.1 Å². The number of ether oxygens (including phenoxy) is 2. The number of nitrogens with zero attached hydrogens (tertiary/aromatic N) is 2. The normalized spacial score (nSPS) is 14.7. The summed E-state index contributed by atoms with van der Waals surface area (Å²) < 4.78 is 25.0. The molecule has 0 saturated carbocycles. The lowest BCUT2D eigenvalue weighted by Gasteiger charge is -2.18. The molecule has 3 aromatic rings. The number of hydrogen-bond donors (Lipinski definition) is 0. The summed E-state index contributed by atoms with van der Waals surface area (Å²) in [6.07, 6.45) is 1.67. The molecule has 0 atom stereocenters. The van der Waals surface area contributed by atoms with Crippen molar-refractivity contribution in [1.29, 1.82) is 0 Å². The molecule has 31 heavy (non-hydrogen) atoms. The van der Waals surface area contributed by atoms with Crippen LogP contribution >= 0.6 is 15.9 Å². The summed E-state index contributed by atoms with van der Waals surface area (Å²) in [6, 6.07) is 18.5. The summed E-state index contributed by atoms with van der Waals surface area (Å²) in [5.41, 5.74) is 2.21. The molecule has 4 rings (SSSR count). The van der Waals surface area contributed by atoms with Crippen molar-refractivity contribution in [3.05, 3.63) is 93.8 Å². The highest BCUT2D eigenvalue weighted by Crippen LogP contribution is 2.32. The molecule has 1 aliphatic heterocycles. The molecular formula is C24H18BrFN2O3. The first-order valence-corrected chi connectivity index (χ1v) is 10.2. The van der Waals surface area contributed by atoms with Gasteiger partial charge in [-0.1, -0.05) is 15.9 Å². The molecule has 0 spiro atoms. The first-order valence-electron chi connectivity index (χ1n) is 9.38. The monoisotopic (exact) mass is 480 g/mol. The lowest BCUT2D eigenvalue weighted by molar-refractivity contribution is -0.113. The molecule has 0 unspecified atom stereocenters. The van der Waals surface area contributed by atoms with Crippen molar-refractivity contribution in [1.82, 2.24) is 0 Å². The molecule has 1 amide bonds. The van der Waals surface area contributed by atoms with Gasteiger partial charge in [-0.15, -0.1) is 0 Å². The van der Waals surface area contributed by atoms with Crippen LogP contribution < -0.4 is 14.4 Å². The van der Waals surface area contributed by atoms with Crippen LogP contribution in [0.4, 0.5) is 10.1 Å². The number of halogens is 2. The fourth-order valence-electron chi connectivity index (χ4n) is 3.22. The number of anilines is 1. The second-order valence-corrected chi connectivity index (χ2v) is 7.61. The minimum Gasteiger partial charge on any atom is -0.497 e. The van der Waals surface area contributed by atoms with Crippen LogP contribution in [0.2, 0.25) is 0 Å². The van der Waals surface area contributed by atoms with Crippen molar-refractivity contribution in [2.45, 2.75) is 0 Å². The summed E-state index contributed by atoms with van der Waals surface area (Å²) in [6.45, 7) is 0. The van der Waals surface area contributed by atoms with Gasteiger partial charge in [-0.2, -0.15) is 0 Å². The average molecular weight is 481 g/mol. The van der Waals surface area contributed by atoms with Crippen molar-refractivity contribution in [3.8, 4) is 11.5 Å². The number of amides is 1. The zero-order valence-corrected chi connectivity index (χ0v) is 18.4. The summed E-state index contributed by atoms with van der Waals surface area (Å²) in [5.74, 6) is 0.970. The molecular weight excluding hydrogens is 463 g/mol. The number of carbonyl (C=O) groups excluding carboxylic acids is 1. The molecule has 0 radical (unpaired) electrons. The number of methoxy groups -OCH3 is 2. The summed E-state index contributed by atoms with van der Waals surface area (Å²) >= 11 is 3.41. The van der Waals surface area contributed by atoms with Gasteiger partial charge in [0.1, 0.15) is 28.8 Å². The Bertz CT molecular complexity index is 1190. The van der Waals surface area contributed by atoms with E-state index in [2.05, 4.69) is 20.9 Å². The minimum absolute atomic E-state index is 0.241. The van der Waals surface area contributed by atoms with Gasteiger partial charge in [0.2, 0.25) is 0 Å². The summed E-state index contributed by atoms with van der Waals surface area (Å²) in [7, 11) is 3.12. The third-order valence-electron chi connectivity index (χ3n) is 4.78. The number of aliphatic imine (C=N–C) groups is 1. The van der Waals surface area contributed by atoms with Gasteiger partial charge in [0.25, 0.3) is 5.91 Å². The van der Waals surface area contributed by atoms with Crippen LogP contribution in [-0.2, 0) is 4.79 Å². The van der Waals surface area contributed by atoms with E-state index in [9.17, 15) is 9.18 Å². The van der Waals surface area contributed by atoms with Gasteiger partial charge in [0.05, 0.1) is 19.9 Å². The Morgan fingerprint density at radius 3 is 2.32 bits per heavy atom. The Labute approximate surface area is 187 Å². The van der Waals surface area contributed by atoms with Gasteiger partial charge in [0, 0.05) is 21.7 Å². The molecule has 0 N–H and O–H groups in total. The molecule has 0 bridgehead atoms. The minimum atomic E-state index is -0.359. The highest BCUT2D eigenvalue weighted by molar-refractivity contribution is 9.10. The molecule has 156 valence electrons. The van der Waals surface area contributed by atoms with Crippen LogP contribution in [0.1, 0.15) is 11.1 Å². The average Bonchev–Trinajstić information content (AvgIpc) is 3.11.